The van der Waals surface area contributed by atoms with Crippen molar-refractivity contribution in [3.8, 4) is 17.0 Å². The molecular weight excluding hydrogens is 242 g/mol. The molecule has 2 aromatic rings. The summed E-state index contributed by atoms with van der Waals surface area (Å²) in [5.74, 6) is 1.37. The summed E-state index contributed by atoms with van der Waals surface area (Å²) in [6.07, 6.45) is 1.84. The molecular formula is C14H19N3O2. The number of aromatic amines is 1. The van der Waals surface area contributed by atoms with Crippen molar-refractivity contribution in [2.45, 2.75) is 19.4 Å². The highest BCUT2D eigenvalue weighted by Gasteiger charge is 2.11. The molecule has 1 aromatic carbocycles. The summed E-state index contributed by atoms with van der Waals surface area (Å²) in [4.78, 5) is 7.23. The Hall–Kier alpha value is -1.85. The zero-order valence-corrected chi connectivity index (χ0v) is 11.2. The molecule has 0 aliphatic rings. The smallest absolute Gasteiger partial charge is 0.136 e. The molecule has 0 saturated carbocycles. The summed E-state index contributed by atoms with van der Waals surface area (Å²) in [5, 5.41) is 9.63. The largest absolute Gasteiger partial charge is 0.496 e. The molecule has 0 aliphatic heterocycles. The second-order valence-electron chi connectivity index (χ2n) is 4.31. The van der Waals surface area contributed by atoms with E-state index >= 15 is 0 Å². The lowest BCUT2D eigenvalue weighted by atomic mass is 10.1. The molecule has 0 spiro atoms. The number of rotatable bonds is 5. The summed E-state index contributed by atoms with van der Waals surface area (Å²) in [6, 6.07) is 5.96. The van der Waals surface area contributed by atoms with Gasteiger partial charge in [0.05, 0.1) is 19.0 Å². The first kappa shape index (κ1) is 13.6. The Bertz CT molecular complexity index is 551. The molecule has 19 heavy (non-hydrogen) atoms. The van der Waals surface area contributed by atoms with E-state index in [9.17, 15) is 5.11 Å². The number of aliphatic hydroxyl groups excluding tert-OH is 1. The molecule has 1 aromatic heterocycles. The van der Waals surface area contributed by atoms with Crippen molar-refractivity contribution in [1.29, 1.82) is 0 Å². The van der Waals surface area contributed by atoms with Crippen LogP contribution in [0.15, 0.2) is 24.4 Å². The molecule has 2 rings (SSSR count). The van der Waals surface area contributed by atoms with Crippen LogP contribution in [0, 0.1) is 0 Å². The number of benzene rings is 1. The van der Waals surface area contributed by atoms with E-state index in [-0.39, 0.29) is 6.54 Å². The molecule has 4 N–H and O–H groups in total. The van der Waals surface area contributed by atoms with Gasteiger partial charge in [-0.15, -0.1) is 0 Å². The maximum Gasteiger partial charge on any atom is 0.136 e. The van der Waals surface area contributed by atoms with Gasteiger partial charge in [0.2, 0.25) is 0 Å². The third-order valence-electron chi connectivity index (χ3n) is 3.11. The van der Waals surface area contributed by atoms with Crippen LogP contribution in [-0.2, 0) is 6.42 Å². The van der Waals surface area contributed by atoms with Gasteiger partial charge in [-0.1, -0.05) is 6.92 Å². The zero-order valence-electron chi connectivity index (χ0n) is 11.2. The second kappa shape index (κ2) is 5.86. The van der Waals surface area contributed by atoms with Crippen molar-refractivity contribution >= 4 is 0 Å². The molecule has 0 bridgehead atoms. The number of nitrogens with one attached hydrogen (secondary N) is 1. The topological polar surface area (TPSA) is 84.2 Å². The van der Waals surface area contributed by atoms with Gasteiger partial charge >= 0.3 is 0 Å². The summed E-state index contributed by atoms with van der Waals surface area (Å²) in [7, 11) is 1.67. The fourth-order valence-corrected chi connectivity index (χ4v) is 1.99. The zero-order chi connectivity index (χ0) is 13.8. The quantitative estimate of drug-likeness (QED) is 0.764. The van der Waals surface area contributed by atoms with Crippen LogP contribution in [0.3, 0.4) is 0 Å². The van der Waals surface area contributed by atoms with Crippen LogP contribution >= 0.6 is 0 Å². The van der Waals surface area contributed by atoms with Gasteiger partial charge in [0.15, 0.2) is 0 Å². The highest BCUT2D eigenvalue weighted by molar-refractivity contribution is 5.61. The van der Waals surface area contributed by atoms with Crippen molar-refractivity contribution in [3.63, 3.8) is 0 Å². The molecule has 5 nitrogen and oxygen atoms in total. The van der Waals surface area contributed by atoms with Gasteiger partial charge in [0, 0.05) is 12.1 Å². The third kappa shape index (κ3) is 2.77. The lowest BCUT2D eigenvalue weighted by molar-refractivity contribution is 0.177. The van der Waals surface area contributed by atoms with Gasteiger partial charge in [0.25, 0.3) is 0 Å². The first-order valence-corrected chi connectivity index (χ1v) is 6.29. The number of aromatic nitrogens is 2. The standard InChI is InChI=1S/C14H19N3O2/c1-3-9-6-10(4-5-13(9)19-2)11-8-16-14(17-11)12(18)7-15/h4-6,8,12,18H,3,7,15H2,1-2H3,(H,16,17). The number of aryl methyl sites for hydroxylation is 1. The van der Waals surface area contributed by atoms with E-state index in [1.54, 1.807) is 13.3 Å². The van der Waals surface area contributed by atoms with Crippen molar-refractivity contribution in [2.24, 2.45) is 5.73 Å². The van der Waals surface area contributed by atoms with E-state index in [0.717, 1.165) is 29.0 Å². The first-order chi connectivity index (χ1) is 9.19. The second-order valence-corrected chi connectivity index (χ2v) is 4.31. The first-order valence-electron chi connectivity index (χ1n) is 6.29. The Kier molecular flexibility index (Phi) is 4.19. The number of H-pyrrole nitrogens is 1. The Morgan fingerprint density at radius 2 is 2.26 bits per heavy atom. The Morgan fingerprint density at radius 3 is 2.89 bits per heavy atom. The minimum atomic E-state index is -0.752. The Morgan fingerprint density at radius 1 is 1.47 bits per heavy atom. The van der Waals surface area contributed by atoms with Crippen LogP contribution in [-0.4, -0.2) is 28.7 Å². The number of aliphatic hydroxyl groups is 1. The Balaban J connectivity index is 2.34. The van der Waals surface area contributed by atoms with Crippen LogP contribution in [0.5, 0.6) is 5.75 Å². The molecule has 1 heterocycles. The van der Waals surface area contributed by atoms with Gasteiger partial charge < -0.3 is 20.6 Å². The molecule has 5 heteroatoms. The number of hydrogen-bond acceptors (Lipinski definition) is 4. The monoisotopic (exact) mass is 261 g/mol. The summed E-state index contributed by atoms with van der Waals surface area (Å²) >= 11 is 0. The molecule has 0 fully saturated rings. The number of nitrogens with zero attached hydrogens (tertiary/aromatic N) is 1. The van der Waals surface area contributed by atoms with Crippen molar-refractivity contribution in [2.75, 3.05) is 13.7 Å². The highest BCUT2D eigenvalue weighted by Crippen LogP contribution is 2.26. The summed E-state index contributed by atoms with van der Waals surface area (Å²) in [6.45, 7) is 2.23. The van der Waals surface area contributed by atoms with Crippen molar-refractivity contribution < 1.29 is 9.84 Å². The molecule has 1 unspecified atom stereocenters. The average Bonchev–Trinajstić information content (AvgIpc) is 2.95. The molecule has 1 atom stereocenters. The number of imidazole rings is 1. The molecule has 0 amide bonds. The van der Waals surface area contributed by atoms with E-state index in [4.69, 9.17) is 10.5 Å². The SMILES string of the molecule is CCc1cc(-c2cnc(C(O)CN)[nH]2)ccc1OC. The van der Waals surface area contributed by atoms with E-state index < -0.39 is 6.10 Å². The number of ether oxygens (including phenoxy) is 1. The van der Waals surface area contributed by atoms with Crippen molar-refractivity contribution in [1.82, 2.24) is 9.97 Å². The lowest BCUT2D eigenvalue weighted by Crippen LogP contribution is -2.12. The molecule has 102 valence electrons. The van der Waals surface area contributed by atoms with Crippen LogP contribution < -0.4 is 10.5 Å². The number of methoxy groups -OCH3 is 1. The normalized spacial score (nSPS) is 12.4. The predicted octanol–water partition coefficient (Wildman–Crippen LogP) is 1.64. The van der Waals surface area contributed by atoms with Crippen molar-refractivity contribution in [3.05, 3.63) is 35.8 Å². The minimum Gasteiger partial charge on any atom is -0.496 e. The molecule has 0 saturated heterocycles. The maximum atomic E-state index is 9.63. The van der Waals surface area contributed by atoms with E-state index in [1.165, 1.54) is 0 Å². The van der Waals surface area contributed by atoms with Gasteiger partial charge in [-0.2, -0.15) is 0 Å². The van der Waals surface area contributed by atoms with Crippen LogP contribution in [0.2, 0.25) is 0 Å². The lowest BCUT2D eigenvalue weighted by Gasteiger charge is -2.08. The third-order valence-corrected chi connectivity index (χ3v) is 3.11. The van der Waals surface area contributed by atoms with Crippen LogP contribution in [0.1, 0.15) is 24.4 Å². The predicted molar refractivity (Wildman–Crippen MR) is 74.0 cm³/mol. The van der Waals surface area contributed by atoms with E-state index in [1.807, 2.05) is 12.1 Å². The van der Waals surface area contributed by atoms with Gasteiger partial charge in [0.1, 0.15) is 17.7 Å². The van der Waals surface area contributed by atoms with E-state index in [0.29, 0.717) is 5.82 Å². The Labute approximate surface area is 112 Å². The minimum absolute atomic E-state index is 0.149. The number of hydrogen-bond donors (Lipinski definition) is 3. The summed E-state index contributed by atoms with van der Waals surface area (Å²) < 4.78 is 5.31. The summed E-state index contributed by atoms with van der Waals surface area (Å²) in [5.41, 5.74) is 8.42. The van der Waals surface area contributed by atoms with Gasteiger partial charge in [-0.25, -0.2) is 4.98 Å². The fourth-order valence-electron chi connectivity index (χ4n) is 1.99. The average molecular weight is 261 g/mol. The fraction of sp³-hybridized carbons (Fsp3) is 0.357. The number of nitrogens with two attached hydrogens (primary N) is 1. The highest BCUT2D eigenvalue weighted by atomic mass is 16.5. The molecule has 0 radical (unpaired) electrons. The van der Waals surface area contributed by atoms with E-state index in [2.05, 4.69) is 23.0 Å². The van der Waals surface area contributed by atoms with Crippen LogP contribution in [0.4, 0.5) is 0 Å². The van der Waals surface area contributed by atoms with Gasteiger partial charge in [-0.3, -0.25) is 0 Å². The molecule has 0 aliphatic carbocycles. The maximum absolute atomic E-state index is 9.63. The van der Waals surface area contributed by atoms with Gasteiger partial charge in [-0.05, 0) is 30.2 Å². The van der Waals surface area contributed by atoms with Crippen LogP contribution in [0.25, 0.3) is 11.3 Å².